The van der Waals surface area contributed by atoms with Gasteiger partial charge in [-0.25, -0.2) is 9.29 Å². The molecule has 0 spiro atoms. The molecular weight excluding hydrogens is 379 g/mol. The highest BCUT2D eigenvalue weighted by atomic mass is 19.1. The second-order valence-electron chi connectivity index (χ2n) is 7.47. The lowest BCUT2D eigenvalue weighted by Crippen LogP contribution is -2.32. The predicted molar refractivity (Wildman–Crippen MR) is 117 cm³/mol. The van der Waals surface area contributed by atoms with Crippen LogP contribution >= 0.6 is 0 Å². The first-order valence-corrected chi connectivity index (χ1v) is 9.65. The van der Waals surface area contributed by atoms with Crippen molar-refractivity contribution in [3.8, 4) is 0 Å². The molecule has 5 heteroatoms. The van der Waals surface area contributed by atoms with Gasteiger partial charge < -0.3 is 5.32 Å². The van der Waals surface area contributed by atoms with Crippen LogP contribution in [0.4, 0.5) is 15.8 Å². The highest BCUT2D eigenvalue weighted by Gasteiger charge is 2.40. The van der Waals surface area contributed by atoms with Gasteiger partial charge in [0.25, 0.3) is 11.8 Å². The average Bonchev–Trinajstić information content (AvgIpc) is 2.95. The summed E-state index contributed by atoms with van der Waals surface area (Å²) in [6.45, 7) is 5.88. The maximum Gasteiger partial charge on any atom is 0.282 e. The van der Waals surface area contributed by atoms with E-state index in [-0.39, 0.29) is 11.3 Å². The summed E-state index contributed by atoms with van der Waals surface area (Å²) in [5, 5.41) is 2.98. The lowest BCUT2D eigenvalue weighted by atomic mass is 9.99. The fraction of sp³-hybridized carbons (Fsp3) is 0.120. The SMILES string of the molecule is Cc1ccc(N2C(=O)C(Nc3cccc(F)c3)=C(c3ccc(C)c(C)c3)C2=O)cc1. The van der Waals surface area contributed by atoms with Crippen molar-refractivity contribution in [2.45, 2.75) is 20.8 Å². The van der Waals surface area contributed by atoms with Crippen LogP contribution in [-0.2, 0) is 9.59 Å². The molecule has 3 aromatic rings. The number of aryl methyl sites for hydroxylation is 3. The molecule has 0 radical (unpaired) electrons. The van der Waals surface area contributed by atoms with E-state index >= 15 is 0 Å². The number of imide groups is 1. The van der Waals surface area contributed by atoms with Gasteiger partial charge in [0, 0.05) is 5.69 Å². The van der Waals surface area contributed by atoms with Crippen LogP contribution in [-0.4, -0.2) is 11.8 Å². The fourth-order valence-electron chi connectivity index (χ4n) is 3.45. The number of carbonyl (C=O) groups is 2. The van der Waals surface area contributed by atoms with Gasteiger partial charge in [0.05, 0.1) is 11.3 Å². The third-order valence-corrected chi connectivity index (χ3v) is 5.27. The molecule has 0 atom stereocenters. The number of nitrogens with zero attached hydrogens (tertiary/aromatic N) is 1. The standard InChI is InChI=1S/C25H21FN2O2/c1-15-7-11-21(12-8-15)28-24(29)22(18-10-9-16(2)17(3)13-18)23(25(28)30)27-20-6-4-5-19(26)14-20/h4-14,27H,1-3H3. The minimum absolute atomic E-state index is 0.134. The monoisotopic (exact) mass is 400 g/mol. The first-order valence-electron chi connectivity index (χ1n) is 9.65. The second kappa shape index (κ2) is 7.59. The van der Waals surface area contributed by atoms with Crippen LogP contribution in [0.15, 0.2) is 72.4 Å². The molecule has 30 heavy (non-hydrogen) atoms. The third kappa shape index (κ3) is 3.50. The van der Waals surface area contributed by atoms with Crippen molar-refractivity contribution in [3.05, 3.63) is 100 Å². The Bertz CT molecular complexity index is 1200. The molecule has 1 aliphatic rings. The zero-order valence-electron chi connectivity index (χ0n) is 17.0. The Labute approximate surface area is 174 Å². The zero-order chi connectivity index (χ0) is 21.4. The van der Waals surface area contributed by atoms with Crippen molar-refractivity contribution in [2.24, 2.45) is 0 Å². The molecule has 2 amide bonds. The van der Waals surface area contributed by atoms with Gasteiger partial charge in [-0.15, -0.1) is 0 Å². The van der Waals surface area contributed by atoms with E-state index in [0.29, 0.717) is 16.9 Å². The molecule has 0 unspecified atom stereocenters. The van der Waals surface area contributed by atoms with Gasteiger partial charge in [0.2, 0.25) is 0 Å². The number of benzene rings is 3. The topological polar surface area (TPSA) is 49.4 Å². The van der Waals surface area contributed by atoms with Crippen LogP contribution in [0.1, 0.15) is 22.3 Å². The molecular formula is C25H21FN2O2. The van der Waals surface area contributed by atoms with Crippen molar-refractivity contribution in [1.82, 2.24) is 0 Å². The van der Waals surface area contributed by atoms with Crippen LogP contribution in [0.25, 0.3) is 5.57 Å². The molecule has 0 saturated heterocycles. The van der Waals surface area contributed by atoms with Crippen LogP contribution < -0.4 is 10.2 Å². The Kier molecular flexibility index (Phi) is 4.96. The van der Waals surface area contributed by atoms with E-state index in [9.17, 15) is 14.0 Å². The summed E-state index contributed by atoms with van der Waals surface area (Å²) in [6.07, 6.45) is 0. The molecule has 1 heterocycles. The van der Waals surface area contributed by atoms with E-state index in [0.717, 1.165) is 21.6 Å². The summed E-state index contributed by atoms with van der Waals surface area (Å²) < 4.78 is 13.7. The van der Waals surface area contributed by atoms with E-state index in [1.54, 1.807) is 24.3 Å². The zero-order valence-corrected chi connectivity index (χ0v) is 17.0. The van der Waals surface area contributed by atoms with Gasteiger partial charge in [-0.2, -0.15) is 0 Å². The first-order chi connectivity index (χ1) is 14.3. The van der Waals surface area contributed by atoms with Gasteiger partial charge in [0.1, 0.15) is 11.5 Å². The minimum Gasteiger partial charge on any atom is -0.350 e. The van der Waals surface area contributed by atoms with E-state index < -0.39 is 17.6 Å². The minimum atomic E-state index is -0.471. The van der Waals surface area contributed by atoms with E-state index in [2.05, 4.69) is 5.32 Å². The largest absolute Gasteiger partial charge is 0.350 e. The number of halogens is 1. The summed E-state index contributed by atoms with van der Waals surface area (Å²) >= 11 is 0. The van der Waals surface area contributed by atoms with Gasteiger partial charge in [-0.1, -0.05) is 42.0 Å². The van der Waals surface area contributed by atoms with Gasteiger partial charge in [0.15, 0.2) is 0 Å². The van der Waals surface area contributed by atoms with Crippen molar-refractivity contribution in [3.63, 3.8) is 0 Å². The Morgan fingerprint density at radius 3 is 2.20 bits per heavy atom. The van der Waals surface area contributed by atoms with Gasteiger partial charge in [-0.3, -0.25) is 9.59 Å². The molecule has 0 aliphatic carbocycles. The normalized spacial score (nSPS) is 13.9. The Hall–Kier alpha value is -3.73. The highest BCUT2D eigenvalue weighted by Crippen LogP contribution is 2.34. The molecule has 1 N–H and O–H groups in total. The summed E-state index contributed by atoms with van der Waals surface area (Å²) in [6, 6.07) is 18.6. The predicted octanol–water partition coefficient (Wildman–Crippen LogP) is 5.15. The smallest absolute Gasteiger partial charge is 0.282 e. The Morgan fingerprint density at radius 2 is 1.53 bits per heavy atom. The van der Waals surface area contributed by atoms with Crippen molar-refractivity contribution >= 4 is 28.8 Å². The molecule has 1 aliphatic heterocycles. The highest BCUT2D eigenvalue weighted by molar-refractivity contribution is 6.46. The van der Waals surface area contributed by atoms with Crippen molar-refractivity contribution in [1.29, 1.82) is 0 Å². The number of hydrogen-bond donors (Lipinski definition) is 1. The lowest BCUT2D eigenvalue weighted by molar-refractivity contribution is -0.120. The number of rotatable bonds is 4. The molecule has 0 bridgehead atoms. The molecule has 4 rings (SSSR count). The summed E-state index contributed by atoms with van der Waals surface area (Å²) in [7, 11) is 0. The Morgan fingerprint density at radius 1 is 0.800 bits per heavy atom. The van der Waals surface area contributed by atoms with Crippen LogP contribution in [0, 0.1) is 26.6 Å². The van der Waals surface area contributed by atoms with Crippen LogP contribution in [0.2, 0.25) is 0 Å². The number of hydrogen-bond acceptors (Lipinski definition) is 3. The molecule has 4 nitrogen and oxygen atoms in total. The van der Waals surface area contributed by atoms with E-state index in [4.69, 9.17) is 0 Å². The van der Waals surface area contributed by atoms with E-state index in [1.807, 2.05) is 51.1 Å². The number of anilines is 2. The maximum atomic E-state index is 13.7. The fourth-order valence-corrected chi connectivity index (χ4v) is 3.45. The average molecular weight is 400 g/mol. The maximum absolute atomic E-state index is 13.7. The molecule has 150 valence electrons. The summed E-state index contributed by atoms with van der Waals surface area (Å²) in [5.41, 5.74) is 5.07. The van der Waals surface area contributed by atoms with Crippen molar-refractivity contribution in [2.75, 3.05) is 10.2 Å². The van der Waals surface area contributed by atoms with Crippen molar-refractivity contribution < 1.29 is 14.0 Å². The number of amides is 2. The lowest BCUT2D eigenvalue weighted by Gasteiger charge is -2.15. The number of nitrogens with one attached hydrogen (secondary N) is 1. The molecule has 0 aromatic heterocycles. The summed E-state index contributed by atoms with van der Waals surface area (Å²) in [5.74, 6) is -1.31. The molecule has 0 saturated carbocycles. The molecule has 0 fully saturated rings. The van der Waals surface area contributed by atoms with E-state index in [1.165, 1.54) is 12.1 Å². The second-order valence-corrected chi connectivity index (χ2v) is 7.47. The third-order valence-electron chi connectivity index (χ3n) is 5.27. The summed E-state index contributed by atoms with van der Waals surface area (Å²) in [4.78, 5) is 27.9. The van der Waals surface area contributed by atoms with Gasteiger partial charge in [-0.05, 0) is 67.8 Å². The first kappa shape index (κ1) is 19.6. The molecule has 3 aromatic carbocycles. The van der Waals surface area contributed by atoms with Gasteiger partial charge >= 0.3 is 0 Å². The number of carbonyl (C=O) groups excluding carboxylic acids is 2. The Balaban J connectivity index is 1.84. The quantitative estimate of drug-likeness (QED) is 0.617. The van der Waals surface area contributed by atoms with Crippen LogP contribution in [0.5, 0.6) is 0 Å². The van der Waals surface area contributed by atoms with Crippen LogP contribution in [0.3, 0.4) is 0 Å².